The van der Waals surface area contributed by atoms with Gasteiger partial charge in [0.1, 0.15) is 0 Å². The average Bonchev–Trinajstić information content (AvgIpc) is 3.07. The van der Waals surface area contributed by atoms with Crippen LogP contribution in [0, 0.1) is 11.3 Å². The van der Waals surface area contributed by atoms with Gasteiger partial charge in [-0.15, -0.1) is 22.9 Å². The van der Waals surface area contributed by atoms with Gasteiger partial charge in [0.2, 0.25) is 0 Å². The Labute approximate surface area is 131 Å². The van der Waals surface area contributed by atoms with Crippen LogP contribution in [0.5, 0.6) is 0 Å². The minimum absolute atomic E-state index is 0.413. The Morgan fingerprint density at radius 3 is 3.10 bits per heavy atom. The zero-order valence-electron chi connectivity index (χ0n) is 11.5. The number of benzene rings is 1. The van der Waals surface area contributed by atoms with Gasteiger partial charge in [-0.1, -0.05) is 12.1 Å². The van der Waals surface area contributed by atoms with Crippen LogP contribution in [0.25, 0.3) is 4.96 Å². The lowest BCUT2D eigenvalue weighted by atomic mass is 10.1. The summed E-state index contributed by atoms with van der Waals surface area (Å²) in [6.07, 6.45) is 1.98. The molecule has 0 aliphatic rings. The standard InChI is InChI=1S/C15H13ClN4S/c1-19(10-12-4-2-3-11(7-12)9-17)14-13(8-16)20-5-6-21-15(20)18-14/h2-7H,8,10H2,1H3. The molecule has 0 amide bonds. The van der Waals surface area contributed by atoms with Crippen molar-refractivity contribution in [3.05, 3.63) is 52.7 Å². The fourth-order valence-corrected chi connectivity index (χ4v) is 3.32. The van der Waals surface area contributed by atoms with Crippen LogP contribution in [0.1, 0.15) is 16.8 Å². The van der Waals surface area contributed by atoms with Crippen LogP contribution in [-0.4, -0.2) is 16.4 Å². The molecule has 4 nitrogen and oxygen atoms in total. The number of hydrogen-bond donors (Lipinski definition) is 0. The van der Waals surface area contributed by atoms with Crippen LogP contribution < -0.4 is 4.90 Å². The smallest absolute Gasteiger partial charge is 0.195 e. The van der Waals surface area contributed by atoms with E-state index in [4.69, 9.17) is 16.9 Å². The van der Waals surface area contributed by atoms with E-state index in [1.165, 1.54) is 0 Å². The number of alkyl halides is 1. The number of nitriles is 1. The van der Waals surface area contributed by atoms with Crippen LogP contribution in [-0.2, 0) is 12.4 Å². The van der Waals surface area contributed by atoms with E-state index in [2.05, 4.69) is 16.0 Å². The van der Waals surface area contributed by atoms with Crippen molar-refractivity contribution < 1.29 is 0 Å². The number of rotatable bonds is 4. The lowest BCUT2D eigenvalue weighted by Gasteiger charge is -2.18. The van der Waals surface area contributed by atoms with Gasteiger partial charge in [-0.25, -0.2) is 4.98 Å². The molecule has 2 aromatic heterocycles. The molecule has 0 unspecified atom stereocenters. The third kappa shape index (κ3) is 2.60. The Kier molecular flexibility index (Phi) is 3.82. The summed E-state index contributed by atoms with van der Waals surface area (Å²) in [5.41, 5.74) is 2.74. The zero-order chi connectivity index (χ0) is 14.8. The van der Waals surface area contributed by atoms with Gasteiger partial charge in [0.15, 0.2) is 10.8 Å². The molecule has 0 spiro atoms. The molecule has 0 aliphatic heterocycles. The third-order valence-electron chi connectivity index (χ3n) is 3.30. The predicted molar refractivity (Wildman–Crippen MR) is 85.9 cm³/mol. The minimum Gasteiger partial charge on any atom is -0.354 e. The topological polar surface area (TPSA) is 44.3 Å². The molecule has 0 saturated heterocycles. The van der Waals surface area contributed by atoms with Gasteiger partial charge in [0.05, 0.1) is 23.2 Å². The van der Waals surface area contributed by atoms with Crippen LogP contribution in [0.2, 0.25) is 0 Å². The van der Waals surface area contributed by atoms with Crippen molar-refractivity contribution in [3.8, 4) is 6.07 Å². The summed E-state index contributed by atoms with van der Waals surface area (Å²) in [6, 6.07) is 9.78. The normalized spacial score (nSPS) is 10.7. The summed E-state index contributed by atoms with van der Waals surface area (Å²) < 4.78 is 2.02. The highest BCUT2D eigenvalue weighted by atomic mass is 35.5. The van der Waals surface area contributed by atoms with Gasteiger partial charge in [0.25, 0.3) is 0 Å². The van der Waals surface area contributed by atoms with E-state index in [-0.39, 0.29) is 0 Å². The first-order valence-electron chi connectivity index (χ1n) is 6.43. The van der Waals surface area contributed by atoms with Crippen LogP contribution in [0.15, 0.2) is 35.8 Å². The van der Waals surface area contributed by atoms with E-state index in [0.29, 0.717) is 18.0 Å². The maximum atomic E-state index is 8.97. The molecule has 3 rings (SSSR count). The third-order valence-corrected chi connectivity index (χ3v) is 4.31. The maximum Gasteiger partial charge on any atom is 0.195 e. The summed E-state index contributed by atoms with van der Waals surface area (Å²) in [6.45, 7) is 0.685. The van der Waals surface area contributed by atoms with Crippen molar-refractivity contribution >= 4 is 33.7 Å². The number of anilines is 1. The molecule has 21 heavy (non-hydrogen) atoms. The van der Waals surface area contributed by atoms with E-state index < -0.39 is 0 Å². The summed E-state index contributed by atoms with van der Waals surface area (Å²) in [4.78, 5) is 7.65. The van der Waals surface area contributed by atoms with E-state index in [1.807, 2.05) is 41.2 Å². The molecule has 2 heterocycles. The van der Waals surface area contributed by atoms with Crippen molar-refractivity contribution in [1.82, 2.24) is 9.38 Å². The van der Waals surface area contributed by atoms with Crippen molar-refractivity contribution in [2.75, 3.05) is 11.9 Å². The second kappa shape index (κ2) is 5.76. The molecular weight excluding hydrogens is 304 g/mol. The number of nitrogens with zero attached hydrogens (tertiary/aromatic N) is 4. The first kappa shape index (κ1) is 13.9. The molecule has 0 atom stereocenters. The number of aromatic nitrogens is 2. The molecule has 106 valence electrons. The Morgan fingerprint density at radius 1 is 1.48 bits per heavy atom. The number of thiazole rings is 1. The second-order valence-corrected chi connectivity index (χ2v) is 5.88. The van der Waals surface area contributed by atoms with E-state index in [0.717, 1.165) is 22.0 Å². The van der Waals surface area contributed by atoms with Crippen molar-refractivity contribution in [3.63, 3.8) is 0 Å². The lowest BCUT2D eigenvalue weighted by molar-refractivity contribution is 0.894. The summed E-state index contributed by atoms with van der Waals surface area (Å²) in [5.74, 6) is 1.30. The van der Waals surface area contributed by atoms with E-state index in [1.54, 1.807) is 17.4 Å². The molecule has 3 aromatic rings. The number of halogens is 1. The second-order valence-electron chi connectivity index (χ2n) is 4.74. The number of hydrogen-bond acceptors (Lipinski definition) is 4. The van der Waals surface area contributed by atoms with Gasteiger partial charge in [-0.2, -0.15) is 5.26 Å². The molecular formula is C15H13ClN4S. The summed E-state index contributed by atoms with van der Waals surface area (Å²) in [5, 5.41) is 11.0. The van der Waals surface area contributed by atoms with Gasteiger partial charge in [0, 0.05) is 25.2 Å². The molecule has 0 bridgehead atoms. The van der Waals surface area contributed by atoms with Gasteiger partial charge in [-0.3, -0.25) is 4.40 Å². The maximum absolute atomic E-state index is 8.97. The van der Waals surface area contributed by atoms with Crippen molar-refractivity contribution in [1.29, 1.82) is 5.26 Å². The highest BCUT2D eigenvalue weighted by molar-refractivity contribution is 7.15. The first-order chi connectivity index (χ1) is 10.2. The van der Waals surface area contributed by atoms with Crippen LogP contribution in [0.4, 0.5) is 5.82 Å². The predicted octanol–water partition coefficient (Wildman–Crippen LogP) is 3.64. The minimum atomic E-state index is 0.413. The lowest BCUT2D eigenvalue weighted by Crippen LogP contribution is -2.18. The molecule has 6 heteroatoms. The molecule has 0 N–H and O–H groups in total. The van der Waals surface area contributed by atoms with E-state index in [9.17, 15) is 0 Å². The summed E-state index contributed by atoms with van der Waals surface area (Å²) >= 11 is 7.67. The Balaban J connectivity index is 1.91. The van der Waals surface area contributed by atoms with Crippen LogP contribution >= 0.6 is 22.9 Å². The van der Waals surface area contributed by atoms with Crippen LogP contribution in [0.3, 0.4) is 0 Å². The fourth-order valence-electron chi connectivity index (χ4n) is 2.34. The molecule has 0 fully saturated rings. The zero-order valence-corrected chi connectivity index (χ0v) is 13.0. The Morgan fingerprint density at radius 2 is 2.33 bits per heavy atom. The number of imidazole rings is 1. The number of fused-ring (bicyclic) bond motifs is 1. The summed E-state index contributed by atoms with van der Waals surface area (Å²) in [7, 11) is 1.99. The van der Waals surface area contributed by atoms with Gasteiger partial charge < -0.3 is 4.90 Å². The largest absolute Gasteiger partial charge is 0.354 e. The highest BCUT2D eigenvalue weighted by Gasteiger charge is 2.16. The van der Waals surface area contributed by atoms with Gasteiger partial charge >= 0.3 is 0 Å². The Hall–Kier alpha value is -2.03. The fraction of sp³-hybridized carbons (Fsp3) is 0.200. The SMILES string of the molecule is CN(Cc1cccc(C#N)c1)c1nc2sccn2c1CCl. The first-order valence-corrected chi connectivity index (χ1v) is 7.85. The van der Waals surface area contributed by atoms with E-state index >= 15 is 0 Å². The quantitative estimate of drug-likeness (QED) is 0.690. The Bertz CT molecular complexity index is 815. The molecule has 0 aliphatic carbocycles. The van der Waals surface area contributed by atoms with Gasteiger partial charge in [-0.05, 0) is 17.7 Å². The van der Waals surface area contributed by atoms with Crippen molar-refractivity contribution in [2.24, 2.45) is 0 Å². The monoisotopic (exact) mass is 316 g/mol. The molecule has 0 radical (unpaired) electrons. The molecule has 1 aromatic carbocycles. The highest BCUT2D eigenvalue weighted by Crippen LogP contribution is 2.26. The molecule has 0 saturated carbocycles. The van der Waals surface area contributed by atoms with Crippen molar-refractivity contribution in [2.45, 2.75) is 12.4 Å². The average molecular weight is 317 g/mol.